The summed E-state index contributed by atoms with van der Waals surface area (Å²) in [6.07, 6.45) is 5.19. The van der Waals surface area contributed by atoms with E-state index >= 15 is 0 Å². The fourth-order valence-electron chi connectivity index (χ4n) is 2.64. The largest absolute Gasteiger partial charge is 0.325 e. The summed E-state index contributed by atoms with van der Waals surface area (Å²) in [4.78, 5) is 12.5. The third kappa shape index (κ3) is 2.72. The van der Waals surface area contributed by atoms with Gasteiger partial charge < -0.3 is 5.32 Å². The molecule has 1 saturated carbocycles. The van der Waals surface area contributed by atoms with Crippen LogP contribution in [-0.2, 0) is 4.79 Å². The molecule has 1 aliphatic carbocycles. The molecule has 0 aliphatic heterocycles. The molecule has 0 unspecified atom stereocenters. The van der Waals surface area contributed by atoms with Crippen molar-refractivity contribution < 1.29 is 4.79 Å². The van der Waals surface area contributed by atoms with E-state index in [1.807, 2.05) is 6.07 Å². The second-order valence-electron chi connectivity index (χ2n) is 4.92. The van der Waals surface area contributed by atoms with E-state index in [1.165, 1.54) is 0 Å². The SMILES string of the molecule is CCC1(C(=O)Nc2cc(Cl)ccc2Br)CCCC1. The molecule has 0 atom stereocenters. The van der Waals surface area contributed by atoms with Crippen molar-refractivity contribution in [1.82, 2.24) is 0 Å². The maximum absolute atomic E-state index is 12.5. The normalized spacial score (nSPS) is 17.7. The van der Waals surface area contributed by atoms with E-state index in [1.54, 1.807) is 12.1 Å². The average molecular weight is 331 g/mol. The van der Waals surface area contributed by atoms with Crippen LogP contribution in [0.4, 0.5) is 5.69 Å². The molecule has 1 amide bonds. The molecule has 0 aromatic heterocycles. The number of carbonyl (C=O) groups is 1. The van der Waals surface area contributed by atoms with Gasteiger partial charge in [-0.3, -0.25) is 4.79 Å². The lowest BCUT2D eigenvalue weighted by Gasteiger charge is -2.26. The monoisotopic (exact) mass is 329 g/mol. The molecule has 98 valence electrons. The highest BCUT2D eigenvalue weighted by Gasteiger charge is 2.39. The van der Waals surface area contributed by atoms with Crippen LogP contribution in [0.25, 0.3) is 0 Å². The van der Waals surface area contributed by atoms with Gasteiger partial charge in [-0.1, -0.05) is 31.4 Å². The Kier molecular flexibility index (Phi) is 4.33. The highest BCUT2D eigenvalue weighted by atomic mass is 79.9. The topological polar surface area (TPSA) is 29.1 Å². The van der Waals surface area contributed by atoms with E-state index in [9.17, 15) is 4.79 Å². The predicted octanol–water partition coefficient (Wildman–Crippen LogP) is 5.01. The number of benzene rings is 1. The maximum Gasteiger partial charge on any atom is 0.230 e. The van der Waals surface area contributed by atoms with Crippen molar-refractivity contribution in [3.8, 4) is 0 Å². The van der Waals surface area contributed by atoms with Crippen LogP contribution in [0.15, 0.2) is 22.7 Å². The van der Waals surface area contributed by atoms with Gasteiger partial charge in [0.2, 0.25) is 5.91 Å². The molecule has 18 heavy (non-hydrogen) atoms. The zero-order valence-electron chi connectivity index (χ0n) is 10.4. The van der Waals surface area contributed by atoms with E-state index in [0.717, 1.165) is 42.3 Å². The van der Waals surface area contributed by atoms with Gasteiger partial charge in [0, 0.05) is 14.9 Å². The van der Waals surface area contributed by atoms with Gasteiger partial charge in [-0.15, -0.1) is 0 Å². The van der Waals surface area contributed by atoms with E-state index in [4.69, 9.17) is 11.6 Å². The molecule has 0 saturated heterocycles. The minimum absolute atomic E-state index is 0.130. The Bertz CT molecular complexity index is 455. The van der Waals surface area contributed by atoms with E-state index < -0.39 is 0 Å². The van der Waals surface area contributed by atoms with Crippen molar-refractivity contribution >= 4 is 39.1 Å². The number of hydrogen-bond donors (Lipinski definition) is 1. The number of amides is 1. The number of nitrogens with one attached hydrogen (secondary N) is 1. The number of rotatable bonds is 3. The van der Waals surface area contributed by atoms with Crippen LogP contribution in [0.1, 0.15) is 39.0 Å². The first-order valence-electron chi connectivity index (χ1n) is 6.34. The van der Waals surface area contributed by atoms with Gasteiger partial charge in [0.25, 0.3) is 0 Å². The zero-order valence-corrected chi connectivity index (χ0v) is 12.8. The third-order valence-electron chi connectivity index (χ3n) is 3.90. The van der Waals surface area contributed by atoms with Crippen LogP contribution in [0.5, 0.6) is 0 Å². The summed E-state index contributed by atoms with van der Waals surface area (Å²) < 4.78 is 0.865. The van der Waals surface area contributed by atoms with Crippen molar-refractivity contribution in [3.05, 3.63) is 27.7 Å². The molecule has 0 spiro atoms. The van der Waals surface area contributed by atoms with E-state index in [2.05, 4.69) is 28.2 Å². The molecule has 4 heteroatoms. The molecular weight excluding hydrogens is 314 g/mol. The summed E-state index contributed by atoms with van der Waals surface area (Å²) in [5.74, 6) is 0.130. The van der Waals surface area contributed by atoms with Gasteiger partial charge in [-0.25, -0.2) is 0 Å². The minimum Gasteiger partial charge on any atom is -0.325 e. The predicted molar refractivity (Wildman–Crippen MR) is 79.0 cm³/mol. The first-order valence-corrected chi connectivity index (χ1v) is 7.51. The van der Waals surface area contributed by atoms with Gasteiger partial charge in [0.1, 0.15) is 0 Å². The van der Waals surface area contributed by atoms with Gasteiger partial charge in [-0.05, 0) is 53.4 Å². The zero-order chi connectivity index (χ0) is 13.2. The molecule has 1 aliphatic rings. The molecule has 0 heterocycles. The number of hydrogen-bond acceptors (Lipinski definition) is 1. The summed E-state index contributed by atoms with van der Waals surface area (Å²) in [6.45, 7) is 2.10. The Morgan fingerprint density at radius 2 is 2.11 bits per heavy atom. The summed E-state index contributed by atoms with van der Waals surface area (Å²) in [5.41, 5.74) is 0.578. The molecule has 0 radical (unpaired) electrons. The van der Waals surface area contributed by atoms with Crippen molar-refractivity contribution in [2.75, 3.05) is 5.32 Å². The van der Waals surface area contributed by atoms with Crippen molar-refractivity contribution in [2.45, 2.75) is 39.0 Å². The third-order valence-corrected chi connectivity index (χ3v) is 4.82. The Labute approximate surface area is 121 Å². The van der Waals surface area contributed by atoms with E-state index in [0.29, 0.717) is 5.02 Å². The average Bonchev–Trinajstić information content (AvgIpc) is 2.84. The molecule has 2 rings (SSSR count). The lowest BCUT2D eigenvalue weighted by molar-refractivity contribution is -0.125. The summed E-state index contributed by atoms with van der Waals surface area (Å²) >= 11 is 9.39. The van der Waals surface area contributed by atoms with Crippen LogP contribution in [-0.4, -0.2) is 5.91 Å². The fraction of sp³-hybridized carbons (Fsp3) is 0.500. The van der Waals surface area contributed by atoms with Crippen LogP contribution < -0.4 is 5.32 Å². The second-order valence-corrected chi connectivity index (χ2v) is 6.21. The van der Waals surface area contributed by atoms with Gasteiger partial charge in [0.15, 0.2) is 0 Å². The van der Waals surface area contributed by atoms with Crippen molar-refractivity contribution in [1.29, 1.82) is 0 Å². The van der Waals surface area contributed by atoms with Gasteiger partial charge in [0.05, 0.1) is 5.69 Å². The first-order chi connectivity index (χ1) is 8.57. The van der Waals surface area contributed by atoms with Gasteiger partial charge >= 0.3 is 0 Å². The summed E-state index contributed by atoms with van der Waals surface area (Å²) in [5, 5.41) is 3.64. The molecule has 0 bridgehead atoms. The number of halogens is 2. The van der Waals surface area contributed by atoms with Crippen LogP contribution in [0, 0.1) is 5.41 Å². The Hall–Kier alpha value is -0.540. The standard InChI is InChI=1S/C14H17BrClNO/c1-2-14(7-3-4-8-14)13(18)17-12-9-10(16)5-6-11(12)15/h5-6,9H,2-4,7-8H2,1H3,(H,17,18). The molecule has 1 N–H and O–H groups in total. The molecule has 1 fully saturated rings. The van der Waals surface area contributed by atoms with Crippen LogP contribution in [0.3, 0.4) is 0 Å². The van der Waals surface area contributed by atoms with Gasteiger partial charge in [-0.2, -0.15) is 0 Å². The smallest absolute Gasteiger partial charge is 0.230 e. The fourth-order valence-corrected chi connectivity index (χ4v) is 3.16. The Morgan fingerprint density at radius 1 is 1.44 bits per heavy atom. The Morgan fingerprint density at radius 3 is 2.72 bits per heavy atom. The van der Waals surface area contributed by atoms with Crippen molar-refractivity contribution in [2.24, 2.45) is 5.41 Å². The molecular formula is C14H17BrClNO. The lowest BCUT2D eigenvalue weighted by Crippen LogP contribution is -2.33. The second kappa shape index (κ2) is 5.62. The minimum atomic E-state index is -0.179. The summed E-state index contributed by atoms with van der Waals surface area (Å²) in [6, 6.07) is 5.43. The van der Waals surface area contributed by atoms with Crippen LogP contribution >= 0.6 is 27.5 Å². The lowest BCUT2D eigenvalue weighted by atomic mass is 9.82. The quantitative estimate of drug-likeness (QED) is 0.829. The molecule has 2 nitrogen and oxygen atoms in total. The maximum atomic E-state index is 12.5. The van der Waals surface area contributed by atoms with Crippen LogP contribution in [0.2, 0.25) is 5.02 Å². The highest BCUT2D eigenvalue weighted by molar-refractivity contribution is 9.10. The number of anilines is 1. The first kappa shape index (κ1) is 13.9. The number of carbonyl (C=O) groups excluding carboxylic acids is 1. The molecule has 1 aromatic rings. The van der Waals surface area contributed by atoms with Crippen molar-refractivity contribution in [3.63, 3.8) is 0 Å². The Balaban J connectivity index is 2.18. The highest BCUT2D eigenvalue weighted by Crippen LogP contribution is 2.42. The van der Waals surface area contributed by atoms with E-state index in [-0.39, 0.29) is 11.3 Å². The summed E-state index contributed by atoms with van der Waals surface area (Å²) in [7, 11) is 0. The molecule has 1 aromatic carbocycles.